The van der Waals surface area contributed by atoms with Gasteiger partial charge in [-0.2, -0.15) is 0 Å². The number of nitrogens with one attached hydrogen (secondary N) is 1. The molecule has 1 fully saturated rings. The van der Waals surface area contributed by atoms with E-state index in [1.165, 1.54) is 19.3 Å². The number of rotatable bonds is 3. The molecule has 2 nitrogen and oxygen atoms in total. The number of benzene rings is 1. The smallest absolute Gasteiger partial charge is 0.0450 e. The molecule has 16 heavy (non-hydrogen) atoms. The Morgan fingerprint density at radius 2 is 2.00 bits per heavy atom. The predicted octanol–water partition coefficient (Wildman–Crippen LogP) is 2.70. The second kappa shape index (κ2) is 5.67. The summed E-state index contributed by atoms with van der Waals surface area (Å²) in [6.45, 7) is 0.818. The Bertz CT molecular complexity index is 340. The first-order valence-electron chi connectivity index (χ1n) is 6.00. The number of halogens is 1. The zero-order valence-corrected chi connectivity index (χ0v) is 10.2. The molecule has 0 spiro atoms. The molecule has 1 saturated carbocycles. The molecule has 0 bridgehead atoms. The van der Waals surface area contributed by atoms with Crippen LogP contribution in [0.1, 0.15) is 31.2 Å². The molecular weight excluding hydrogens is 220 g/mol. The highest BCUT2D eigenvalue weighted by Gasteiger charge is 2.20. The van der Waals surface area contributed by atoms with Crippen LogP contribution in [-0.2, 0) is 6.54 Å². The maximum Gasteiger partial charge on any atom is 0.0450 e. The molecule has 0 heterocycles. The molecule has 2 rings (SSSR count). The quantitative estimate of drug-likeness (QED) is 0.850. The van der Waals surface area contributed by atoms with Gasteiger partial charge in [0.15, 0.2) is 0 Å². The molecule has 88 valence electrons. The lowest BCUT2D eigenvalue weighted by Gasteiger charge is -2.29. The molecule has 1 aliphatic rings. The molecule has 0 saturated heterocycles. The fourth-order valence-electron chi connectivity index (χ4n) is 2.30. The second-order valence-electron chi connectivity index (χ2n) is 4.53. The van der Waals surface area contributed by atoms with Crippen molar-refractivity contribution in [3.8, 4) is 0 Å². The van der Waals surface area contributed by atoms with Crippen LogP contribution in [0.25, 0.3) is 0 Å². The molecule has 0 aromatic heterocycles. The summed E-state index contributed by atoms with van der Waals surface area (Å²) in [6, 6.07) is 8.71. The van der Waals surface area contributed by atoms with Crippen LogP contribution in [0.5, 0.6) is 0 Å². The molecule has 0 aliphatic heterocycles. The van der Waals surface area contributed by atoms with Gasteiger partial charge in [0.25, 0.3) is 0 Å². The van der Waals surface area contributed by atoms with Crippen molar-refractivity contribution in [3.05, 3.63) is 34.9 Å². The van der Waals surface area contributed by atoms with Crippen LogP contribution < -0.4 is 11.1 Å². The van der Waals surface area contributed by atoms with Crippen molar-refractivity contribution in [1.82, 2.24) is 5.32 Å². The molecule has 0 radical (unpaired) electrons. The number of hydrogen-bond donors (Lipinski definition) is 2. The van der Waals surface area contributed by atoms with E-state index in [0.717, 1.165) is 23.6 Å². The molecule has 0 amide bonds. The van der Waals surface area contributed by atoms with Gasteiger partial charge in [0.05, 0.1) is 0 Å². The first-order chi connectivity index (χ1) is 7.77. The third-order valence-corrected chi connectivity index (χ3v) is 3.70. The minimum absolute atomic E-state index is 0.302. The highest BCUT2D eigenvalue weighted by molar-refractivity contribution is 6.31. The maximum absolute atomic E-state index is 6.11. The lowest BCUT2D eigenvalue weighted by molar-refractivity contribution is 0.326. The van der Waals surface area contributed by atoms with Crippen molar-refractivity contribution in [2.75, 3.05) is 0 Å². The minimum atomic E-state index is 0.302. The Balaban J connectivity index is 1.89. The van der Waals surface area contributed by atoms with E-state index in [0.29, 0.717) is 12.1 Å². The Hall–Kier alpha value is -0.570. The lowest BCUT2D eigenvalue weighted by atomic mass is 9.91. The molecule has 3 N–H and O–H groups in total. The van der Waals surface area contributed by atoms with Gasteiger partial charge >= 0.3 is 0 Å². The van der Waals surface area contributed by atoms with E-state index < -0.39 is 0 Å². The summed E-state index contributed by atoms with van der Waals surface area (Å²) >= 11 is 6.11. The first-order valence-corrected chi connectivity index (χ1v) is 6.37. The monoisotopic (exact) mass is 238 g/mol. The highest BCUT2D eigenvalue weighted by Crippen LogP contribution is 2.19. The summed E-state index contributed by atoms with van der Waals surface area (Å²) in [5, 5.41) is 4.35. The Morgan fingerprint density at radius 1 is 1.25 bits per heavy atom. The molecule has 0 unspecified atom stereocenters. The first kappa shape index (κ1) is 11.9. The predicted molar refractivity (Wildman–Crippen MR) is 68.5 cm³/mol. The zero-order chi connectivity index (χ0) is 11.4. The summed E-state index contributed by atoms with van der Waals surface area (Å²) in [5.74, 6) is 0. The van der Waals surface area contributed by atoms with E-state index in [-0.39, 0.29) is 0 Å². The van der Waals surface area contributed by atoms with Crippen molar-refractivity contribution in [3.63, 3.8) is 0 Å². The fourth-order valence-corrected chi connectivity index (χ4v) is 2.50. The van der Waals surface area contributed by atoms with Crippen LogP contribution >= 0.6 is 11.6 Å². The second-order valence-corrected chi connectivity index (χ2v) is 4.93. The molecule has 1 aliphatic carbocycles. The van der Waals surface area contributed by atoms with Crippen molar-refractivity contribution in [2.24, 2.45) is 5.73 Å². The normalized spacial score (nSPS) is 25.6. The SMILES string of the molecule is N[C@H]1CCCC[C@H]1NCc1ccccc1Cl. The number of hydrogen-bond acceptors (Lipinski definition) is 2. The third kappa shape index (κ3) is 2.97. The van der Waals surface area contributed by atoms with Crippen LogP contribution in [-0.4, -0.2) is 12.1 Å². The van der Waals surface area contributed by atoms with Crippen LogP contribution in [0.15, 0.2) is 24.3 Å². The van der Waals surface area contributed by atoms with Crippen molar-refractivity contribution < 1.29 is 0 Å². The zero-order valence-electron chi connectivity index (χ0n) is 9.45. The van der Waals surface area contributed by atoms with Crippen molar-refractivity contribution in [2.45, 2.75) is 44.3 Å². The highest BCUT2D eigenvalue weighted by atomic mass is 35.5. The average Bonchev–Trinajstić information content (AvgIpc) is 2.30. The van der Waals surface area contributed by atoms with Crippen LogP contribution in [0.3, 0.4) is 0 Å². The summed E-state index contributed by atoms with van der Waals surface area (Å²) in [7, 11) is 0. The van der Waals surface area contributed by atoms with E-state index in [1.807, 2.05) is 18.2 Å². The Kier molecular flexibility index (Phi) is 4.22. The Labute approximate surface area is 102 Å². The topological polar surface area (TPSA) is 38.0 Å². The summed E-state index contributed by atoms with van der Waals surface area (Å²) < 4.78 is 0. The van der Waals surface area contributed by atoms with Gasteiger partial charge in [-0.15, -0.1) is 0 Å². The third-order valence-electron chi connectivity index (χ3n) is 3.33. The van der Waals surface area contributed by atoms with E-state index in [1.54, 1.807) is 0 Å². The van der Waals surface area contributed by atoms with E-state index in [2.05, 4.69) is 11.4 Å². The van der Waals surface area contributed by atoms with E-state index in [9.17, 15) is 0 Å². The van der Waals surface area contributed by atoms with Gasteiger partial charge in [-0.3, -0.25) is 0 Å². The van der Waals surface area contributed by atoms with Crippen molar-refractivity contribution >= 4 is 11.6 Å². The van der Waals surface area contributed by atoms with Gasteiger partial charge in [0.1, 0.15) is 0 Å². The molecule has 2 atom stereocenters. The average molecular weight is 239 g/mol. The van der Waals surface area contributed by atoms with E-state index >= 15 is 0 Å². The van der Waals surface area contributed by atoms with Crippen molar-refractivity contribution in [1.29, 1.82) is 0 Å². The molecule has 1 aromatic carbocycles. The van der Waals surface area contributed by atoms with Gasteiger partial charge < -0.3 is 11.1 Å². The van der Waals surface area contributed by atoms with Crippen LogP contribution in [0.4, 0.5) is 0 Å². The van der Waals surface area contributed by atoms with Gasteiger partial charge in [0, 0.05) is 23.7 Å². The lowest BCUT2D eigenvalue weighted by Crippen LogP contribution is -2.46. The molecular formula is C13H19ClN2. The van der Waals surface area contributed by atoms with Gasteiger partial charge in [0.2, 0.25) is 0 Å². The molecule has 1 aromatic rings. The largest absolute Gasteiger partial charge is 0.326 e. The van der Waals surface area contributed by atoms with Crippen LogP contribution in [0, 0.1) is 0 Å². The fraction of sp³-hybridized carbons (Fsp3) is 0.538. The maximum atomic E-state index is 6.11. The standard InChI is InChI=1S/C13H19ClN2/c14-11-6-2-1-5-10(11)9-16-13-8-4-3-7-12(13)15/h1-2,5-6,12-13,16H,3-4,7-9,15H2/t12-,13+/m0/s1. The van der Waals surface area contributed by atoms with Gasteiger partial charge in [-0.1, -0.05) is 42.6 Å². The number of nitrogens with two attached hydrogens (primary N) is 1. The van der Waals surface area contributed by atoms with Gasteiger partial charge in [-0.25, -0.2) is 0 Å². The van der Waals surface area contributed by atoms with E-state index in [4.69, 9.17) is 17.3 Å². The van der Waals surface area contributed by atoms with Gasteiger partial charge in [-0.05, 0) is 24.5 Å². The Morgan fingerprint density at radius 3 is 2.75 bits per heavy atom. The van der Waals surface area contributed by atoms with Crippen LogP contribution in [0.2, 0.25) is 5.02 Å². The molecule has 3 heteroatoms. The summed E-state index contributed by atoms with van der Waals surface area (Å²) in [6.07, 6.45) is 4.88. The summed E-state index contributed by atoms with van der Waals surface area (Å²) in [4.78, 5) is 0. The minimum Gasteiger partial charge on any atom is -0.326 e. The summed E-state index contributed by atoms with van der Waals surface area (Å²) in [5.41, 5.74) is 7.24.